The van der Waals surface area contributed by atoms with Crippen LogP contribution in [0, 0.1) is 11.8 Å². The maximum atomic E-state index is 11.5. The van der Waals surface area contributed by atoms with Crippen LogP contribution in [0.15, 0.2) is 0 Å². The van der Waals surface area contributed by atoms with Gasteiger partial charge in [-0.1, -0.05) is 20.8 Å². The molecule has 0 atom stereocenters. The molecule has 1 rings (SSSR count). The van der Waals surface area contributed by atoms with Crippen LogP contribution in [0.1, 0.15) is 52.9 Å². The Hall–Kier alpha value is -0.370. The van der Waals surface area contributed by atoms with E-state index in [0.717, 1.165) is 31.7 Å². The molecule has 0 aromatic rings. The maximum Gasteiger partial charge on any atom is 0.135 e. The highest BCUT2D eigenvalue weighted by Crippen LogP contribution is 2.29. The van der Waals surface area contributed by atoms with Crippen LogP contribution in [0.3, 0.4) is 0 Å². The van der Waals surface area contributed by atoms with Crippen molar-refractivity contribution in [1.29, 1.82) is 0 Å². The van der Waals surface area contributed by atoms with Gasteiger partial charge in [0.05, 0.1) is 0 Å². The zero-order valence-corrected chi connectivity index (χ0v) is 10.4. The minimum atomic E-state index is 0.380. The van der Waals surface area contributed by atoms with E-state index in [9.17, 15) is 4.79 Å². The summed E-state index contributed by atoms with van der Waals surface area (Å²) < 4.78 is 0. The Morgan fingerprint density at radius 2 is 1.87 bits per heavy atom. The van der Waals surface area contributed by atoms with Crippen LogP contribution in [-0.4, -0.2) is 18.4 Å². The number of carbonyl (C=O) groups is 1. The lowest BCUT2D eigenvalue weighted by atomic mass is 9.79. The van der Waals surface area contributed by atoms with Gasteiger partial charge in [-0.3, -0.25) is 4.79 Å². The van der Waals surface area contributed by atoms with Crippen molar-refractivity contribution < 1.29 is 4.79 Å². The molecular formula is C13H25NO. The second kappa shape index (κ2) is 6.26. The standard InChI is InChI=1S/C13H25NO/c1-4-13(15)12-7-5-11(6-8-12)9-14-10(2)3/h10-12,14H,4-9H2,1-3H3. The quantitative estimate of drug-likeness (QED) is 0.757. The number of carbonyl (C=O) groups excluding carboxylic acids is 1. The summed E-state index contributed by atoms with van der Waals surface area (Å²) in [5.41, 5.74) is 0. The summed E-state index contributed by atoms with van der Waals surface area (Å²) in [5, 5.41) is 3.49. The highest BCUT2D eigenvalue weighted by molar-refractivity contribution is 5.80. The van der Waals surface area contributed by atoms with Gasteiger partial charge in [-0.15, -0.1) is 0 Å². The molecule has 0 amide bonds. The van der Waals surface area contributed by atoms with Crippen molar-refractivity contribution in [3.63, 3.8) is 0 Å². The fraction of sp³-hybridized carbons (Fsp3) is 0.923. The molecule has 0 aromatic carbocycles. The Bertz CT molecular complexity index is 193. The number of ketones is 1. The molecule has 0 heterocycles. The first kappa shape index (κ1) is 12.7. The van der Waals surface area contributed by atoms with E-state index in [1.807, 2.05) is 6.92 Å². The maximum absolute atomic E-state index is 11.5. The Morgan fingerprint density at radius 3 is 2.33 bits per heavy atom. The van der Waals surface area contributed by atoms with Crippen molar-refractivity contribution in [2.24, 2.45) is 11.8 Å². The molecule has 0 spiro atoms. The Labute approximate surface area is 93.8 Å². The molecule has 1 fully saturated rings. The predicted octanol–water partition coefficient (Wildman–Crippen LogP) is 2.77. The summed E-state index contributed by atoms with van der Waals surface area (Å²) >= 11 is 0. The van der Waals surface area contributed by atoms with Gasteiger partial charge in [-0.2, -0.15) is 0 Å². The summed E-state index contributed by atoms with van der Waals surface area (Å²) in [6, 6.07) is 0.583. The molecule has 88 valence electrons. The number of hydrogen-bond donors (Lipinski definition) is 1. The van der Waals surface area contributed by atoms with Gasteiger partial charge in [0.1, 0.15) is 5.78 Å². The summed E-state index contributed by atoms with van der Waals surface area (Å²) in [6.45, 7) is 7.48. The van der Waals surface area contributed by atoms with Gasteiger partial charge in [-0.25, -0.2) is 0 Å². The smallest absolute Gasteiger partial charge is 0.135 e. The highest BCUT2D eigenvalue weighted by atomic mass is 16.1. The molecule has 2 heteroatoms. The lowest BCUT2D eigenvalue weighted by molar-refractivity contribution is -0.123. The average Bonchev–Trinajstić information content (AvgIpc) is 2.26. The number of rotatable bonds is 5. The molecule has 15 heavy (non-hydrogen) atoms. The third kappa shape index (κ3) is 4.33. The zero-order valence-electron chi connectivity index (χ0n) is 10.4. The molecule has 1 aliphatic carbocycles. The largest absolute Gasteiger partial charge is 0.314 e. The lowest BCUT2D eigenvalue weighted by Gasteiger charge is -2.28. The summed E-state index contributed by atoms with van der Waals surface area (Å²) in [7, 11) is 0. The van der Waals surface area contributed by atoms with Gasteiger partial charge in [0, 0.05) is 18.4 Å². The molecule has 0 aliphatic heterocycles. The normalized spacial score (nSPS) is 26.9. The third-order valence-corrected chi connectivity index (χ3v) is 3.47. The van der Waals surface area contributed by atoms with E-state index in [2.05, 4.69) is 19.2 Å². The fourth-order valence-electron chi connectivity index (χ4n) is 2.38. The summed E-state index contributed by atoms with van der Waals surface area (Å²) in [6.07, 6.45) is 5.43. The van der Waals surface area contributed by atoms with E-state index in [-0.39, 0.29) is 0 Å². The molecule has 0 bridgehead atoms. The highest BCUT2D eigenvalue weighted by Gasteiger charge is 2.24. The molecule has 2 nitrogen and oxygen atoms in total. The van der Waals surface area contributed by atoms with Gasteiger partial charge < -0.3 is 5.32 Å². The molecule has 1 saturated carbocycles. The molecule has 0 unspecified atom stereocenters. The van der Waals surface area contributed by atoms with Crippen LogP contribution >= 0.6 is 0 Å². The second-order valence-electron chi connectivity index (χ2n) is 5.10. The number of hydrogen-bond acceptors (Lipinski definition) is 2. The van der Waals surface area contributed by atoms with Crippen molar-refractivity contribution in [3.05, 3.63) is 0 Å². The van der Waals surface area contributed by atoms with Crippen LogP contribution in [0.5, 0.6) is 0 Å². The number of nitrogens with one attached hydrogen (secondary N) is 1. The third-order valence-electron chi connectivity index (χ3n) is 3.47. The fourth-order valence-corrected chi connectivity index (χ4v) is 2.38. The molecular weight excluding hydrogens is 186 g/mol. The monoisotopic (exact) mass is 211 g/mol. The van der Waals surface area contributed by atoms with Gasteiger partial charge >= 0.3 is 0 Å². The Kier molecular flexibility index (Phi) is 5.30. The van der Waals surface area contributed by atoms with E-state index >= 15 is 0 Å². The van der Waals surface area contributed by atoms with Crippen LogP contribution < -0.4 is 5.32 Å². The zero-order chi connectivity index (χ0) is 11.3. The molecule has 0 saturated heterocycles. The summed E-state index contributed by atoms with van der Waals surface area (Å²) in [5.74, 6) is 1.66. The molecule has 0 aromatic heterocycles. The average molecular weight is 211 g/mol. The van der Waals surface area contributed by atoms with Gasteiger partial charge in [0.2, 0.25) is 0 Å². The van der Waals surface area contributed by atoms with Gasteiger partial charge in [-0.05, 0) is 38.1 Å². The van der Waals surface area contributed by atoms with Crippen molar-refractivity contribution in [2.75, 3.05) is 6.54 Å². The first-order valence-electron chi connectivity index (χ1n) is 6.39. The first-order valence-corrected chi connectivity index (χ1v) is 6.39. The van der Waals surface area contributed by atoms with Gasteiger partial charge in [0.15, 0.2) is 0 Å². The summed E-state index contributed by atoms with van der Waals surface area (Å²) in [4.78, 5) is 11.5. The van der Waals surface area contributed by atoms with E-state index < -0.39 is 0 Å². The SMILES string of the molecule is CCC(=O)C1CCC(CNC(C)C)CC1. The van der Waals surface area contributed by atoms with E-state index in [4.69, 9.17) is 0 Å². The van der Waals surface area contributed by atoms with Crippen molar-refractivity contribution >= 4 is 5.78 Å². The van der Waals surface area contributed by atoms with Crippen molar-refractivity contribution in [1.82, 2.24) is 5.32 Å². The van der Waals surface area contributed by atoms with Crippen LogP contribution in [-0.2, 0) is 4.79 Å². The lowest BCUT2D eigenvalue weighted by Crippen LogP contribution is -2.32. The van der Waals surface area contributed by atoms with Crippen molar-refractivity contribution in [3.8, 4) is 0 Å². The van der Waals surface area contributed by atoms with E-state index in [1.165, 1.54) is 12.8 Å². The van der Waals surface area contributed by atoms with Gasteiger partial charge in [0.25, 0.3) is 0 Å². The van der Waals surface area contributed by atoms with Crippen LogP contribution in [0.4, 0.5) is 0 Å². The van der Waals surface area contributed by atoms with Crippen molar-refractivity contribution in [2.45, 2.75) is 58.9 Å². The topological polar surface area (TPSA) is 29.1 Å². The Balaban J connectivity index is 2.21. The molecule has 0 radical (unpaired) electrons. The van der Waals surface area contributed by atoms with Crippen LogP contribution in [0.2, 0.25) is 0 Å². The minimum Gasteiger partial charge on any atom is -0.314 e. The molecule has 1 aliphatic rings. The number of Topliss-reactive ketones (excluding diaryl/α,β-unsaturated/α-hetero) is 1. The second-order valence-corrected chi connectivity index (χ2v) is 5.10. The molecule has 1 N–H and O–H groups in total. The first-order chi connectivity index (χ1) is 7.13. The Morgan fingerprint density at radius 1 is 1.27 bits per heavy atom. The van der Waals surface area contributed by atoms with E-state index in [0.29, 0.717) is 17.7 Å². The van der Waals surface area contributed by atoms with E-state index in [1.54, 1.807) is 0 Å². The predicted molar refractivity (Wildman–Crippen MR) is 63.9 cm³/mol. The van der Waals surface area contributed by atoms with Crippen LogP contribution in [0.25, 0.3) is 0 Å². The minimum absolute atomic E-state index is 0.380.